The molecular weight excluding hydrogens is 392 g/mol. The fraction of sp³-hybridized carbons (Fsp3) is 0.300. The Morgan fingerprint density at radius 1 is 0.500 bits per heavy atom. The van der Waals surface area contributed by atoms with Crippen molar-refractivity contribution < 1.29 is 9.90 Å². The van der Waals surface area contributed by atoms with E-state index in [0.717, 1.165) is 61.2 Å². The van der Waals surface area contributed by atoms with Gasteiger partial charge >= 0.3 is 0 Å². The highest BCUT2D eigenvalue weighted by atomic mass is 16.3. The summed E-state index contributed by atoms with van der Waals surface area (Å²) in [6, 6.07) is 12.3. The fourth-order valence-corrected chi connectivity index (χ4v) is 5.26. The van der Waals surface area contributed by atoms with E-state index < -0.39 is 0 Å². The summed E-state index contributed by atoms with van der Waals surface area (Å²) in [6.45, 7) is 18.1. The zero-order valence-corrected chi connectivity index (χ0v) is 20.8. The SMILES string of the molecule is Cc1cc(C)c(C(=O)/C(=C(\O)c2c(C)cc(C)cc2C)c2c(C)cc(C)cc2C)c(C)c1. The zero-order chi connectivity index (χ0) is 23.9. The van der Waals surface area contributed by atoms with Crippen LogP contribution in [0.15, 0.2) is 36.4 Å². The molecule has 0 bridgehead atoms. The lowest BCUT2D eigenvalue weighted by Crippen LogP contribution is -2.13. The molecular formula is C30H34O2. The van der Waals surface area contributed by atoms with E-state index in [1.165, 1.54) is 0 Å². The molecule has 0 atom stereocenters. The van der Waals surface area contributed by atoms with Gasteiger partial charge in [-0.1, -0.05) is 53.1 Å². The molecule has 0 saturated carbocycles. The van der Waals surface area contributed by atoms with Gasteiger partial charge in [0.1, 0.15) is 5.76 Å². The van der Waals surface area contributed by atoms with Gasteiger partial charge in [-0.2, -0.15) is 0 Å². The van der Waals surface area contributed by atoms with Crippen LogP contribution >= 0.6 is 0 Å². The summed E-state index contributed by atoms with van der Waals surface area (Å²) in [6.07, 6.45) is 0. The molecule has 2 heteroatoms. The zero-order valence-electron chi connectivity index (χ0n) is 20.8. The maximum atomic E-state index is 14.2. The third-order valence-electron chi connectivity index (χ3n) is 6.21. The molecule has 3 rings (SSSR count). The van der Waals surface area contributed by atoms with Crippen molar-refractivity contribution in [3.05, 3.63) is 103 Å². The molecule has 1 N–H and O–H groups in total. The quantitative estimate of drug-likeness (QED) is 0.200. The number of aliphatic hydroxyl groups is 1. The third-order valence-corrected chi connectivity index (χ3v) is 6.21. The van der Waals surface area contributed by atoms with Crippen LogP contribution in [0.1, 0.15) is 71.6 Å². The highest BCUT2D eigenvalue weighted by molar-refractivity contribution is 6.35. The average molecular weight is 427 g/mol. The maximum Gasteiger partial charge on any atom is 0.197 e. The van der Waals surface area contributed by atoms with Gasteiger partial charge in [0.05, 0.1) is 5.57 Å². The number of ketones is 1. The van der Waals surface area contributed by atoms with Gasteiger partial charge in [0.25, 0.3) is 0 Å². The minimum absolute atomic E-state index is 0.0550. The van der Waals surface area contributed by atoms with E-state index in [1.54, 1.807) is 0 Å². The Labute approximate surface area is 192 Å². The summed E-state index contributed by atoms with van der Waals surface area (Å²) in [7, 11) is 0. The van der Waals surface area contributed by atoms with Crippen LogP contribution in [0.4, 0.5) is 0 Å². The molecule has 0 unspecified atom stereocenters. The standard InChI is InChI=1S/C30H34O2/c1-16-10-19(4)25(20(5)11-16)28(29(31)26-21(6)12-17(2)13-22(26)7)30(32)27-23(8)14-18(3)15-24(27)9/h10-15,31H,1-9H3/b29-28-. The molecule has 3 aromatic carbocycles. The normalized spacial score (nSPS) is 12.0. The van der Waals surface area contributed by atoms with Crippen molar-refractivity contribution in [1.29, 1.82) is 0 Å². The molecule has 0 aromatic heterocycles. The van der Waals surface area contributed by atoms with Crippen LogP contribution in [0, 0.1) is 62.3 Å². The van der Waals surface area contributed by atoms with E-state index in [9.17, 15) is 9.90 Å². The van der Waals surface area contributed by atoms with Gasteiger partial charge in [-0.15, -0.1) is 0 Å². The Morgan fingerprint density at radius 3 is 1.12 bits per heavy atom. The Morgan fingerprint density at radius 2 is 0.781 bits per heavy atom. The molecule has 0 spiro atoms. The molecule has 3 aromatic rings. The topological polar surface area (TPSA) is 37.3 Å². The first-order valence-electron chi connectivity index (χ1n) is 11.1. The second-order valence-corrected chi connectivity index (χ2v) is 9.37. The van der Waals surface area contributed by atoms with Gasteiger partial charge in [0.15, 0.2) is 5.78 Å². The third kappa shape index (κ3) is 4.27. The lowest BCUT2D eigenvalue weighted by atomic mass is 9.83. The summed E-state index contributed by atoms with van der Waals surface area (Å²) in [5.74, 6) is -0.0774. The number of aliphatic hydroxyl groups excluding tert-OH is 1. The second kappa shape index (κ2) is 8.78. The van der Waals surface area contributed by atoms with Crippen molar-refractivity contribution in [1.82, 2.24) is 0 Å². The van der Waals surface area contributed by atoms with Gasteiger partial charge < -0.3 is 5.11 Å². The molecule has 0 aliphatic heterocycles. The Balaban J connectivity index is 2.45. The van der Waals surface area contributed by atoms with Crippen LogP contribution in [-0.2, 0) is 0 Å². The lowest BCUT2D eigenvalue weighted by molar-refractivity contribution is 0.105. The first-order valence-corrected chi connectivity index (χ1v) is 11.1. The predicted octanol–water partition coefficient (Wildman–Crippen LogP) is 7.77. The van der Waals surface area contributed by atoms with Crippen molar-refractivity contribution in [2.45, 2.75) is 62.3 Å². The van der Waals surface area contributed by atoms with E-state index in [-0.39, 0.29) is 11.5 Å². The van der Waals surface area contributed by atoms with E-state index in [0.29, 0.717) is 11.1 Å². The maximum absolute atomic E-state index is 14.2. The first kappa shape index (κ1) is 23.5. The smallest absolute Gasteiger partial charge is 0.197 e. The van der Waals surface area contributed by atoms with Crippen molar-refractivity contribution in [3.8, 4) is 0 Å². The van der Waals surface area contributed by atoms with Crippen LogP contribution < -0.4 is 0 Å². The lowest BCUT2D eigenvalue weighted by Gasteiger charge is -2.20. The highest BCUT2D eigenvalue weighted by Crippen LogP contribution is 2.36. The fourth-order valence-electron chi connectivity index (χ4n) is 5.26. The molecule has 2 nitrogen and oxygen atoms in total. The van der Waals surface area contributed by atoms with Crippen LogP contribution in [0.25, 0.3) is 11.3 Å². The highest BCUT2D eigenvalue weighted by Gasteiger charge is 2.27. The number of rotatable bonds is 4. The van der Waals surface area contributed by atoms with Crippen LogP contribution in [0.5, 0.6) is 0 Å². The molecule has 0 radical (unpaired) electrons. The number of benzene rings is 3. The summed E-state index contributed by atoms with van der Waals surface area (Å²) < 4.78 is 0. The number of hydrogen-bond donors (Lipinski definition) is 1. The number of aryl methyl sites for hydroxylation is 9. The number of carbonyl (C=O) groups excluding carboxylic acids is 1. The summed E-state index contributed by atoms with van der Waals surface area (Å²) in [5, 5.41) is 11.7. The van der Waals surface area contributed by atoms with Gasteiger partial charge in [0, 0.05) is 11.1 Å². The van der Waals surface area contributed by atoms with Crippen LogP contribution in [0.3, 0.4) is 0 Å². The molecule has 0 saturated heterocycles. The molecule has 0 amide bonds. The number of carbonyl (C=O) groups is 1. The summed E-state index contributed by atoms with van der Waals surface area (Å²) in [5.41, 5.74) is 11.8. The molecule has 32 heavy (non-hydrogen) atoms. The van der Waals surface area contributed by atoms with E-state index in [1.807, 2.05) is 67.5 Å². The number of allylic oxidation sites excluding steroid dienone is 1. The van der Waals surface area contributed by atoms with Gasteiger partial charge in [-0.05, 0) is 101 Å². The summed E-state index contributed by atoms with van der Waals surface area (Å²) in [4.78, 5) is 14.2. The van der Waals surface area contributed by atoms with E-state index in [4.69, 9.17) is 0 Å². The Hall–Kier alpha value is -3.13. The molecule has 0 heterocycles. The van der Waals surface area contributed by atoms with Crippen LogP contribution in [-0.4, -0.2) is 10.9 Å². The van der Waals surface area contributed by atoms with Gasteiger partial charge in [-0.3, -0.25) is 4.79 Å². The largest absolute Gasteiger partial charge is 0.507 e. The molecule has 0 aliphatic rings. The Kier molecular flexibility index (Phi) is 6.46. The van der Waals surface area contributed by atoms with Crippen molar-refractivity contribution in [3.63, 3.8) is 0 Å². The predicted molar refractivity (Wildman–Crippen MR) is 136 cm³/mol. The van der Waals surface area contributed by atoms with E-state index in [2.05, 4.69) is 31.2 Å². The van der Waals surface area contributed by atoms with Crippen molar-refractivity contribution in [2.24, 2.45) is 0 Å². The Bertz CT molecular complexity index is 1200. The summed E-state index contributed by atoms with van der Waals surface area (Å²) >= 11 is 0. The van der Waals surface area contributed by atoms with Crippen LogP contribution in [0.2, 0.25) is 0 Å². The minimum Gasteiger partial charge on any atom is -0.507 e. The monoisotopic (exact) mass is 426 g/mol. The molecule has 0 fully saturated rings. The number of hydrogen-bond acceptors (Lipinski definition) is 2. The van der Waals surface area contributed by atoms with E-state index >= 15 is 0 Å². The molecule has 0 aliphatic carbocycles. The minimum atomic E-state index is -0.132. The number of Topliss-reactive ketones (excluding diaryl/α,β-unsaturated/α-hetero) is 1. The molecule has 166 valence electrons. The van der Waals surface area contributed by atoms with Gasteiger partial charge in [-0.25, -0.2) is 0 Å². The second-order valence-electron chi connectivity index (χ2n) is 9.37. The average Bonchev–Trinajstić information content (AvgIpc) is 2.62. The van der Waals surface area contributed by atoms with Crippen molar-refractivity contribution >= 4 is 17.1 Å². The van der Waals surface area contributed by atoms with Gasteiger partial charge in [0.2, 0.25) is 0 Å². The van der Waals surface area contributed by atoms with Crippen molar-refractivity contribution in [2.75, 3.05) is 0 Å². The first-order chi connectivity index (χ1) is 14.9.